The van der Waals surface area contributed by atoms with Crippen LogP contribution in [0.1, 0.15) is 11.1 Å². The van der Waals surface area contributed by atoms with E-state index >= 15 is 0 Å². The van der Waals surface area contributed by atoms with Gasteiger partial charge in [0.25, 0.3) is 5.91 Å². The third-order valence-corrected chi connectivity index (χ3v) is 3.81. The van der Waals surface area contributed by atoms with Crippen molar-refractivity contribution >= 4 is 40.8 Å². The number of hydrogen-bond acceptors (Lipinski definition) is 3. The van der Waals surface area contributed by atoms with Gasteiger partial charge in [0.2, 0.25) is 0 Å². The van der Waals surface area contributed by atoms with Gasteiger partial charge in [0.1, 0.15) is 0 Å². The molecule has 9 heteroatoms. The monoisotopic (exact) mass is 405 g/mol. The summed E-state index contributed by atoms with van der Waals surface area (Å²) in [6.45, 7) is -0.726. The molecule has 1 N–H and O–H groups in total. The summed E-state index contributed by atoms with van der Waals surface area (Å²) in [5.41, 5.74) is -0.960. The minimum Gasteiger partial charge on any atom is -0.455 e. The molecular formula is C17H12Cl2F3NO3. The summed E-state index contributed by atoms with van der Waals surface area (Å²) in [5, 5.41) is 2.74. The molecular weight excluding hydrogens is 394 g/mol. The number of nitrogens with one attached hydrogen (secondary N) is 1. The largest absolute Gasteiger partial charge is 0.455 e. The Morgan fingerprint density at radius 1 is 1.08 bits per heavy atom. The Kier molecular flexibility index (Phi) is 6.50. The number of rotatable bonds is 5. The molecule has 2 rings (SSSR count). The van der Waals surface area contributed by atoms with Crippen LogP contribution in [0.25, 0.3) is 0 Å². The van der Waals surface area contributed by atoms with E-state index in [4.69, 9.17) is 27.9 Å². The Balaban J connectivity index is 1.92. The van der Waals surface area contributed by atoms with Crippen LogP contribution in [0.3, 0.4) is 0 Å². The maximum atomic E-state index is 12.9. The molecule has 2 aromatic carbocycles. The molecule has 0 fully saturated rings. The highest BCUT2D eigenvalue weighted by molar-refractivity contribution is 6.35. The van der Waals surface area contributed by atoms with E-state index in [0.717, 1.165) is 12.1 Å². The minimum atomic E-state index is -4.62. The minimum absolute atomic E-state index is 0.206. The van der Waals surface area contributed by atoms with Gasteiger partial charge >= 0.3 is 12.1 Å². The number of anilines is 1. The van der Waals surface area contributed by atoms with Gasteiger partial charge in [0.05, 0.1) is 17.7 Å². The molecule has 0 aromatic heterocycles. The average Bonchev–Trinajstić information content (AvgIpc) is 2.55. The SMILES string of the molecule is O=C(COC(=O)Cc1ccc(Cl)cc1Cl)Nc1ccccc1C(F)(F)F. The van der Waals surface area contributed by atoms with Crippen LogP contribution in [0, 0.1) is 0 Å². The number of hydrogen-bond donors (Lipinski definition) is 1. The second kappa shape index (κ2) is 8.42. The Morgan fingerprint density at radius 3 is 2.42 bits per heavy atom. The fourth-order valence-corrected chi connectivity index (χ4v) is 2.52. The van der Waals surface area contributed by atoms with Gasteiger partial charge in [-0.05, 0) is 29.8 Å². The fourth-order valence-electron chi connectivity index (χ4n) is 2.04. The van der Waals surface area contributed by atoms with E-state index in [-0.39, 0.29) is 11.4 Å². The summed E-state index contributed by atoms with van der Waals surface area (Å²) < 4.78 is 43.4. The van der Waals surface area contributed by atoms with Gasteiger partial charge in [0, 0.05) is 10.0 Å². The summed E-state index contributed by atoms with van der Waals surface area (Å²) in [4.78, 5) is 23.5. The first-order chi connectivity index (χ1) is 12.2. The molecule has 0 saturated carbocycles. The average molecular weight is 406 g/mol. The Labute approximate surface area is 156 Å². The van der Waals surface area contributed by atoms with Crippen molar-refractivity contribution in [3.05, 3.63) is 63.6 Å². The predicted octanol–water partition coefficient (Wildman–Crippen LogP) is 4.74. The number of esters is 1. The molecule has 2 aromatic rings. The van der Waals surface area contributed by atoms with E-state index in [1.165, 1.54) is 30.3 Å². The Bertz CT molecular complexity index is 825. The summed E-state index contributed by atoms with van der Waals surface area (Å²) in [5.74, 6) is -1.65. The number of alkyl halides is 3. The van der Waals surface area contributed by atoms with Gasteiger partial charge in [-0.2, -0.15) is 13.2 Å². The molecule has 0 spiro atoms. The number of para-hydroxylation sites is 1. The molecule has 0 aliphatic rings. The van der Waals surface area contributed by atoms with Crippen LogP contribution >= 0.6 is 23.2 Å². The first kappa shape index (κ1) is 20.1. The van der Waals surface area contributed by atoms with Crippen molar-refractivity contribution in [3.63, 3.8) is 0 Å². The van der Waals surface area contributed by atoms with Crippen LogP contribution < -0.4 is 5.32 Å². The molecule has 0 atom stereocenters. The van der Waals surface area contributed by atoms with Gasteiger partial charge in [-0.3, -0.25) is 9.59 Å². The van der Waals surface area contributed by atoms with E-state index < -0.39 is 35.9 Å². The number of amides is 1. The number of carbonyl (C=O) groups is 2. The van der Waals surface area contributed by atoms with Gasteiger partial charge in [0.15, 0.2) is 6.61 Å². The highest BCUT2D eigenvalue weighted by Gasteiger charge is 2.33. The lowest BCUT2D eigenvalue weighted by Crippen LogP contribution is -2.23. The Morgan fingerprint density at radius 2 is 1.77 bits per heavy atom. The zero-order valence-corrected chi connectivity index (χ0v) is 14.6. The maximum absolute atomic E-state index is 12.9. The van der Waals surface area contributed by atoms with Crippen LogP contribution in [-0.4, -0.2) is 18.5 Å². The fraction of sp³-hybridized carbons (Fsp3) is 0.176. The summed E-state index contributed by atoms with van der Waals surface area (Å²) in [6, 6.07) is 9.02. The van der Waals surface area contributed by atoms with Crippen LogP contribution in [0.4, 0.5) is 18.9 Å². The Hall–Kier alpha value is -2.25. The lowest BCUT2D eigenvalue weighted by molar-refractivity contribution is -0.146. The van der Waals surface area contributed by atoms with Crippen molar-refractivity contribution < 1.29 is 27.5 Å². The second-order valence-corrected chi connectivity index (χ2v) is 6.01. The molecule has 0 aliphatic heterocycles. The zero-order chi connectivity index (χ0) is 19.3. The van der Waals surface area contributed by atoms with Crippen molar-refractivity contribution in [1.82, 2.24) is 0 Å². The molecule has 0 unspecified atom stereocenters. The number of carbonyl (C=O) groups excluding carboxylic acids is 2. The van der Waals surface area contributed by atoms with Crippen molar-refractivity contribution in [2.24, 2.45) is 0 Å². The third-order valence-electron chi connectivity index (χ3n) is 3.22. The van der Waals surface area contributed by atoms with Crippen LogP contribution in [0.2, 0.25) is 10.0 Å². The molecule has 0 radical (unpaired) electrons. The van der Waals surface area contributed by atoms with Crippen molar-refractivity contribution in [3.8, 4) is 0 Å². The van der Waals surface area contributed by atoms with E-state index in [1.807, 2.05) is 0 Å². The quantitative estimate of drug-likeness (QED) is 0.731. The molecule has 0 saturated heterocycles. The first-order valence-corrected chi connectivity index (χ1v) is 7.98. The summed E-state index contributed by atoms with van der Waals surface area (Å²) >= 11 is 11.7. The standard InChI is InChI=1S/C17H12Cl2F3NO3/c18-11-6-5-10(13(19)8-11)7-16(25)26-9-15(24)23-14-4-2-1-3-12(14)17(20,21)22/h1-6,8H,7,9H2,(H,23,24). The van der Waals surface area contributed by atoms with Crippen LogP contribution in [0.5, 0.6) is 0 Å². The molecule has 0 heterocycles. The number of benzene rings is 2. The van der Waals surface area contributed by atoms with E-state index in [0.29, 0.717) is 10.6 Å². The highest BCUT2D eigenvalue weighted by atomic mass is 35.5. The van der Waals surface area contributed by atoms with Gasteiger partial charge in [-0.1, -0.05) is 41.4 Å². The topological polar surface area (TPSA) is 55.4 Å². The molecule has 4 nitrogen and oxygen atoms in total. The second-order valence-electron chi connectivity index (χ2n) is 5.16. The van der Waals surface area contributed by atoms with Crippen molar-refractivity contribution in [2.45, 2.75) is 12.6 Å². The van der Waals surface area contributed by atoms with Gasteiger partial charge in [-0.15, -0.1) is 0 Å². The van der Waals surface area contributed by atoms with Crippen molar-refractivity contribution in [1.29, 1.82) is 0 Å². The highest BCUT2D eigenvalue weighted by Crippen LogP contribution is 2.34. The molecule has 0 bridgehead atoms. The van der Waals surface area contributed by atoms with Crippen LogP contribution in [-0.2, 0) is 26.9 Å². The zero-order valence-electron chi connectivity index (χ0n) is 13.1. The molecule has 0 aliphatic carbocycles. The number of halogens is 5. The maximum Gasteiger partial charge on any atom is 0.418 e. The predicted molar refractivity (Wildman–Crippen MR) is 91.2 cm³/mol. The smallest absolute Gasteiger partial charge is 0.418 e. The summed E-state index contributed by atoms with van der Waals surface area (Å²) in [7, 11) is 0. The number of ether oxygens (including phenoxy) is 1. The molecule has 138 valence electrons. The van der Waals surface area contributed by atoms with Gasteiger partial charge in [-0.25, -0.2) is 0 Å². The summed E-state index contributed by atoms with van der Waals surface area (Å²) in [6.07, 6.45) is -4.83. The van der Waals surface area contributed by atoms with Crippen LogP contribution in [0.15, 0.2) is 42.5 Å². The molecule has 1 amide bonds. The first-order valence-electron chi connectivity index (χ1n) is 7.22. The van der Waals surface area contributed by atoms with E-state index in [9.17, 15) is 22.8 Å². The third kappa shape index (κ3) is 5.64. The van der Waals surface area contributed by atoms with E-state index in [1.54, 1.807) is 0 Å². The normalized spacial score (nSPS) is 11.1. The lowest BCUT2D eigenvalue weighted by atomic mass is 10.1. The lowest BCUT2D eigenvalue weighted by Gasteiger charge is -2.13. The molecule has 26 heavy (non-hydrogen) atoms. The van der Waals surface area contributed by atoms with Crippen molar-refractivity contribution in [2.75, 3.05) is 11.9 Å². The van der Waals surface area contributed by atoms with E-state index in [2.05, 4.69) is 5.32 Å². The van der Waals surface area contributed by atoms with Gasteiger partial charge < -0.3 is 10.1 Å².